The lowest BCUT2D eigenvalue weighted by molar-refractivity contribution is 0.129. The van der Waals surface area contributed by atoms with Crippen LogP contribution in [0.3, 0.4) is 0 Å². The number of likely N-dealkylation sites (N-methyl/N-ethyl adjacent to an activating group) is 2. The molecule has 1 unspecified atom stereocenters. The van der Waals surface area contributed by atoms with E-state index in [1.165, 1.54) is 12.5 Å². The van der Waals surface area contributed by atoms with Crippen molar-refractivity contribution in [2.24, 2.45) is 0 Å². The van der Waals surface area contributed by atoms with Gasteiger partial charge in [0.2, 0.25) is 0 Å². The Bertz CT molecular complexity index is 459. The fraction of sp³-hybridized carbons (Fsp3) is 0.571. The van der Waals surface area contributed by atoms with E-state index in [0.29, 0.717) is 12.6 Å². The van der Waals surface area contributed by atoms with Gasteiger partial charge in [0.05, 0.1) is 0 Å². The first-order valence-electron chi connectivity index (χ1n) is 7.00. The summed E-state index contributed by atoms with van der Waals surface area (Å²) in [6, 6.07) is 4.72. The third-order valence-corrected chi connectivity index (χ3v) is 3.93. The summed E-state index contributed by atoms with van der Waals surface area (Å²) in [7, 11) is 2.52. The fourth-order valence-corrected chi connectivity index (χ4v) is 2.83. The van der Waals surface area contributed by atoms with Crippen LogP contribution in [-0.2, 0) is 6.54 Å². The van der Waals surface area contributed by atoms with Crippen molar-refractivity contribution in [2.75, 3.05) is 27.2 Å². The van der Waals surface area contributed by atoms with E-state index in [4.69, 9.17) is 10.0 Å². The molecule has 1 aromatic carbocycles. The quantitative estimate of drug-likeness (QED) is 0.764. The minimum atomic E-state index is -1.63. The van der Waals surface area contributed by atoms with Gasteiger partial charge in [-0.15, -0.1) is 0 Å². The van der Waals surface area contributed by atoms with E-state index in [1.54, 1.807) is 6.07 Å². The SMILES string of the molecule is CN1CCCC(N(C)Cc2cc(F)cc(B(O)O)c2)C1. The zero-order valence-corrected chi connectivity index (χ0v) is 12.1. The van der Waals surface area contributed by atoms with Gasteiger partial charge in [0.25, 0.3) is 0 Å². The number of hydrogen-bond donors (Lipinski definition) is 2. The lowest BCUT2D eigenvalue weighted by Crippen LogP contribution is -2.44. The highest BCUT2D eigenvalue weighted by Crippen LogP contribution is 2.16. The Morgan fingerprint density at radius 2 is 2.15 bits per heavy atom. The molecule has 1 aliphatic heterocycles. The number of nitrogens with zero attached hydrogens (tertiary/aromatic N) is 2. The summed E-state index contributed by atoms with van der Waals surface area (Å²) in [5, 5.41) is 18.3. The molecule has 0 radical (unpaired) electrons. The van der Waals surface area contributed by atoms with E-state index in [2.05, 4.69) is 16.8 Å². The highest BCUT2D eigenvalue weighted by molar-refractivity contribution is 6.58. The lowest BCUT2D eigenvalue weighted by Gasteiger charge is -2.36. The van der Waals surface area contributed by atoms with Gasteiger partial charge in [-0.05, 0) is 56.6 Å². The molecule has 1 saturated heterocycles. The summed E-state index contributed by atoms with van der Waals surface area (Å²) in [4.78, 5) is 4.51. The van der Waals surface area contributed by atoms with Crippen LogP contribution in [0.4, 0.5) is 4.39 Å². The van der Waals surface area contributed by atoms with Gasteiger partial charge in [-0.2, -0.15) is 0 Å². The fourth-order valence-electron chi connectivity index (χ4n) is 2.83. The molecule has 110 valence electrons. The average Bonchev–Trinajstić information content (AvgIpc) is 2.37. The highest BCUT2D eigenvalue weighted by Gasteiger charge is 2.21. The van der Waals surface area contributed by atoms with E-state index in [0.717, 1.165) is 31.1 Å². The number of piperidine rings is 1. The zero-order valence-electron chi connectivity index (χ0n) is 12.1. The van der Waals surface area contributed by atoms with Crippen molar-refractivity contribution in [1.29, 1.82) is 0 Å². The largest absolute Gasteiger partial charge is 0.488 e. The first kappa shape index (κ1) is 15.4. The minimum Gasteiger partial charge on any atom is -0.423 e. The van der Waals surface area contributed by atoms with Crippen molar-refractivity contribution < 1.29 is 14.4 Å². The normalized spacial score (nSPS) is 20.4. The lowest BCUT2D eigenvalue weighted by atomic mass is 9.79. The molecule has 1 aliphatic rings. The average molecular weight is 280 g/mol. The first-order valence-corrected chi connectivity index (χ1v) is 7.00. The third-order valence-electron chi connectivity index (χ3n) is 3.93. The van der Waals surface area contributed by atoms with Crippen molar-refractivity contribution in [3.05, 3.63) is 29.6 Å². The second kappa shape index (κ2) is 6.67. The van der Waals surface area contributed by atoms with Gasteiger partial charge in [0, 0.05) is 19.1 Å². The van der Waals surface area contributed by atoms with Crippen molar-refractivity contribution in [3.8, 4) is 0 Å². The van der Waals surface area contributed by atoms with Crippen molar-refractivity contribution >= 4 is 12.6 Å². The van der Waals surface area contributed by atoms with Crippen molar-refractivity contribution in [3.63, 3.8) is 0 Å². The van der Waals surface area contributed by atoms with Gasteiger partial charge in [-0.3, -0.25) is 4.90 Å². The second-order valence-corrected chi connectivity index (χ2v) is 5.74. The molecule has 0 bridgehead atoms. The molecule has 0 spiro atoms. The van der Waals surface area contributed by atoms with E-state index in [1.807, 2.05) is 7.05 Å². The summed E-state index contributed by atoms with van der Waals surface area (Å²) in [5.74, 6) is -0.431. The summed E-state index contributed by atoms with van der Waals surface area (Å²) in [5.41, 5.74) is 0.970. The monoisotopic (exact) mass is 280 g/mol. The maximum atomic E-state index is 13.5. The maximum absolute atomic E-state index is 13.5. The van der Waals surface area contributed by atoms with Gasteiger partial charge in [0.15, 0.2) is 0 Å². The number of likely N-dealkylation sites (tertiary alicyclic amines) is 1. The smallest absolute Gasteiger partial charge is 0.423 e. The molecule has 1 atom stereocenters. The maximum Gasteiger partial charge on any atom is 0.488 e. The first-order chi connectivity index (χ1) is 9.45. The van der Waals surface area contributed by atoms with E-state index < -0.39 is 12.9 Å². The Morgan fingerprint density at radius 1 is 1.40 bits per heavy atom. The van der Waals surface area contributed by atoms with Gasteiger partial charge in [-0.25, -0.2) is 4.39 Å². The molecule has 2 N–H and O–H groups in total. The minimum absolute atomic E-state index is 0.203. The summed E-state index contributed by atoms with van der Waals surface area (Å²) >= 11 is 0. The Balaban J connectivity index is 2.05. The van der Waals surface area contributed by atoms with Crippen LogP contribution in [-0.4, -0.2) is 60.2 Å². The Morgan fingerprint density at radius 3 is 2.80 bits per heavy atom. The van der Waals surface area contributed by atoms with Gasteiger partial charge < -0.3 is 14.9 Å². The van der Waals surface area contributed by atoms with Crippen LogP contribution >= 0.6 is 0 Å². The van der Waals surface area contributed by atoms with Gasteiger partial charge in [-0.1, -0.05) is 6.07 Å². The van der Waals surface area contributed by atoms with Gasteiger partial charge in [0.1, 0.15) is 5.82 Å². The molecule has 0 saturated carbocycles. The third kappa shape index (κ3) is 4.02. The van der Waals surface area contributed by atoms with Crippen LogP contribution in [0.1, 0.15) is 18.4 Å². The number of halogens is 1. The molecular formula is C14H22BFN2O2. The predicted molar refractivity (Wildman–Crippen MR) is 78.2 cm³/mol. The van der Waals surface area contributed by atoms with Crippen LogP contribution < -0.4 is 5.46 Å². The Labute approximate surface area is 120 Å². The Kier molecular flexibility index (Phi) is 5.15. The van der Waals surface area contributed by atoms with Crippen LogP contribution in [0.15, 0.2) is 18.2 Å². The van der Waals surface area contributed by atoms with Crippen LogP contribution in [0.25, 0.3) is 0 Å². The Hall–Kier alpha value is -0.945. The molecule has 0 aliphatic carbocycles. The molecule has 2 rings (SSSR count). The number of rotatable bonds is 4. The number of benzene rings is 1. The van der Waals surface area contributed by atoms with Crippen molar-refractivity contribution in [2.45, 2.75) is 25.4 Å². The molecule has 0 aromatic heterocycles. The zero-order chi connectivity index (χ0) is 14.7. The number of hydrogen-bond acceptors (Lipinski definition) is 4. The van der Waals surface area contributed by atoms with Crippen LogP contribution in [0, 0.1) is 5.82 Å². The molecule has 6 heteroatoms. The summed E-state index contributed by atoms with van der Waals surface area (Å²) in [6.45, 7) is 2.75. The standard InChI is InChI=1S/C14H22BFN2O2/c1-17-5-3-4-14(10-17)18(2)9-11-6-12(15(19)20)8-13(16)7-11/h6-8,14,19-20H,3-5,9-10H2,1-2H3. The summed E-state index contributed by atoms with van der Waals surface area (Å²) in [6.07, 6.45) is 2.32. The van der Waals surface area contributed by atoms with Crippen molar-refractivity contribution in [1.82, 2.24) is 9.80 Å². The van der Waals surface area contributed by atoms with E-state index in [9.17, 15) is 4.39 Å². The topological polar surface area (TPSA) is 46.9 Å². The molecule has 4 nitrogen and oxygen atoms in total. The molecular weight excluding hydrogens is 258 g/mol. The summed E-state index contributed by atoms with van der Waals surface area (Å²) < 4.78 is 13.5. The van der Waals surface area contributed by atoms with Crippen LogP contribution in [0.5, 0.6) is 0 Å². The highest BCUT2D eigenvalue weighted by atomic mass is 19.1. The molecule has 1 heterocycles. The molecule has 20 heavy (non-hydrogen) atoms. The molecule has 1 fully saturated rings. The van der Waals surface area contributed by atoms with E-state index in [-0.39, 0.29) is 5.46 Å². The van der Waals surface area contributed by atoms with Gasteiger partial charge >= 0.3 is 7.12 Å². The second-order valence-electron chi connectivity index (χ2n) is 5.74. The van der Waals surface area contributed by atoms with Crippen LogP contribution in [0.2, 0.25) is 0 Å². The van der Waals surface area contributed by atoms with E-state index >= 15 is 0 Å². The molecule has 0 amide bonds. The predicted octanol–water partition coefficient (Wildman–Crippen LogP) is 0.0315. The molecule has 1 aromatic rings.